The number of aromatic amines is 1. The summed E-state index contributed by atoms with van der Waals surface area (Å²) in [6, 6.07) is 14.5. The molecule has 28 heavy (non-hydrogen) atoms. The molecule has 7 heteroatoms. The van der Waals surface area contributed by atoms with Gasteiger partial charge in [-0.3, -0.25) is 9.59 Å². The number of nitrogens with zero attached hydrogens (tertiary/aromatic N) is 3. The molecule has 0 bridgehead atoms. The van der Waals surface area contributed by atoms with Crippen molar-refractivity contribution in [3.63, 3.8) is 0 Å². The fourth-order valence-electron chi connectivity index (χ4n) is 3.24. The zero-order chi connectivity index (χ0) is 19.7. The van der Waals surface area contributed by atoms with Crippen molar-refractivity contribution in [2.45, 2.75) is 32.9 Å². The molecule has 4 aromatic rings. The summed E-state index contributed by atoms with van der Waals surface area (Å²) in [6.07, 6.45) is 0.118. The van der Waals surface area contributed by atoms with Crippen molar-refractivity contribution in [2.24, 2.45) is 0 Å². The van der Waals surface area contributed by atoms with E-state index in [1.165, 1.54) is 0 Å². The summed E-state index contributed by atoms with van der Waals surface area (Å²) in [5.41, 5.74) is 1.66. The van der Waals surface area contributed by atoms with Crippen molar-refractivity contribution in [3.05, 3.63) is 70.4 Å². The molecule has 0 spiro atoms. The Morgan fingerprint density at radius 2 is 1.82 bits per heavy atom. The van der Waals surface area contributed by atoms with Crippen LogP contribution in [0.3, 0.4) is 0 Å². The molecule has 4 rings (SSSR count). The summed E-state index contributed by atoms with van der Waals surface area (Å²) >= 11 is 0. The Balaban J connectivity index is 1.60. The van der Waals surface area contributed by atoms with Crippen LogP contribution in [0.4, 0.5) is 0 Å². The fraction of sp³-hybridized carbons (Fsp3) is 0.238. The molecule has 0 fully saturated rings. The van der Waals surface area contributed by atoms with E-state index in [9.17, 15) is 9.59 Å². The summed E-state index contributed by atoms with van der Waals surface area (Å²) in [5.74, 6) is 0.348. The van der Waals surface area contributed by atoms with E-state index in [0.717, 1.165) is 5.39 Å². The highest BCUT2D eigenvalue weighted by atomic mass is 16.5. The summed E-state index contributed by atoms with van der Waals surface area (Å²) in [5, 5.41) is 5.40. The van der Waals surface area contributed by atoms with Crippen molar-refractivity contribution < 1.29 is 9.32 Å². The smallest absolute Gasteiger partial charge is 0.258 e. The minimum atomic E-state index is -0.209. The third-order valence-corrected chi connectivity index (χ3v) is 4.70. The van der Waals surface area contributed by atoms with E-state index in [0.29, 0.717) is 28.0 Å². The molecule has 0 saturated heterocycles. The first-order chi connectivity index (χ1) is 13.5. The van der Waals surface area contributed by atoms with Crippen LogP contribution in [0.2, 0.25) is 0 Å². The van der Waals surface area contributed by atoms with Gasteiger partial charge in [-0.1, -0.05) is 29.4 Å². The summed E-state index contributed by atoms with van der Waals surface area (Å²) in [7, 11) is 0. The third-order valence-electron chi connectivity index (χ3n) is 4.70. The predicted octanol–water partition coefficient (Wildman–Crippen LogP) is 3.04. The number of fused-ring (bicyclic) bond motifs is 2. The van der Waals surface area contributed by atoms with Gasteiger partial charge in [-0.05, 0) is 38.1 Å². The number of carbonyl (C=O) groups excluding carboxylic acids is 1. The number of benzene rings is 2. The van der Waals surface area contributed by atoms with E-state index in [1.54, 1.807) is 23.1 Å². The molecular formula is C21H20N4O3. The van der Waals surface area contributed by atoms with Gasteiger partial charge >= 0.3 is 0 Å². The molecule has 2 aromatic carbocycles. The van der Waals surface area contributed by atoms with Crippen molar-refractivity contribution >= 4 is 27.8 Å². The number of H-pyrrole nitrogens is 1. The van der Waals surface area contributed by atoms with E-state index < -0.39 is 0 Å². The van der Waals surface area contributed by atoms with Crippen molar-refractivity contribution in [3.8, 4) is 0 Å². The van der Waals surface area contributed by atoms with Crippen LogP contribution < -0.4 is 5.56 Å². The van der Waals surface area contributed by atoms with Gasteiger partial charge in [0.25, 0.3) is 5.56 Å². The molecule has 2 heterocycles. The number of rotatable bonds is 5. The van der Waals surface area contributed by atoms with Crippen LogP contribution in [0.15, 0.2) is 57.8 Å². The second kappa shape index (κ2) is 7.26. The zero-order valence-corrected chi connectivity index (χ0v) is 15.7. The molecule has 1 N–H and O–H groups in total. The van der Waals surface area contributed by atoms with Crippen LogP contribution in [0.25, 0.3) is 21.9 Å². The maximum absolute atomic E-state index is 13.0. The lowest BCUT2D eigenvalue weighted by Gasteiger charge is -2.26. The molecule has 0 aliphatic carbocycles. The normalized spacial score (nSPS) is 11.4. The summed E-state index contributed by atoms with van der Waals surface area (Å²) in [4.78, 5) is 34.2. The van der Waals surface area contributed by atoms with Gasteiger partial charge in [0.2, 0.25) is 5.91 Å². The average Bonchev–Trinajstić information content (AvgIpc) is 3.09. The molecule has 2 aromatic heterocycles. The van der Waals surface area contributed by atoms with Gasteiger partial charge in [-0.2, -0.15) is 0 Å². The van der Waals surface area contributed by atoms with Crippen LogP contribution >= 0.6 is 0 Å². The van der Waals surface area contributed by atoms with E-state index in [-0.39, 0.29) is 30.5 Å². The molecule has 142 valence electrons. The van der Waals surface area contributed by atoms with Crippen LogP contribution in [-0.4, -0.2) is 32.0 Å². The van der Waals surface area contributed by atoms with Gasteiger partial charge in [0.05, 0.1) is 23.9 Å². The van der Waals surface area contributed by atoms with E-state index >= 15 is 0 Å². The largest absolute Gasteiger partial charge is 0.356 e. The minimum Gasteiger partial charge on any atom is -0.356 e. The van der Waals surface area contributed by atoms with Gasteiger partial charge in [0.15, 0.2) is 5.58 Å². The van der Waals surface area contributed by atoms with Gasteiger partial charge in [0.1, 0.15) is 11.5 Å². The second-order valence-electron chi connectivity index (χ2n) is 6.95. The Hall–Kier alpha value is -3.48. The minimum absolute atomic E-state index is 0.0672. The van der Waals surface area contributed by atoms with Crippen LogP contribution in [0, 0.1) is 0 Å². The Morgan fingerprint density at radius 3 is 2.61 bits per heavy atom. The molecule has 0 aliphatic heterocycles. The van der Waals surface area contributed by atoms with Gasteiger partial charge in [0, 0.05) is 11.4 Å². The topological polar surface area (TPSA) is 92.1 Å². The Morgan fingerprint density at radius 1 is 1.11 bits per heavy atom. The molecule has 0 atom stereocenters. The first kappa shape index (κ1) is 17.9. The van der Waals surface area contributed by atoms with E-state index in [1.807, 2.05) is 44.2 Å². The maximum atomic E-state index is 13.0. The number of nitrogens with one attached hydrogen (secondary N) is 1. The highest BCUT2D eigenvalue weighted by molar-refractivity contribution is 5.86. The van der Waals surface area contributed by atoms with Crippen molar-refractivity contribution in [2.75, 3.05) is 0 Å². The van der Waals surface area contributed by atoms with Crippen LogP contribution in [0.1, 0.15) is 25.4 Å². The van der Waals surface area contributed by atoms with Gasteiger partial charge in [-0.25, -0.2) is 4.98 Å². The zero-order valence-electron chi connectivity index (χ0n) is 15.7. The van der Waals surface area contributed by atoms with E-state index in [4.69, 9.17) is 4.52 Å². The van der Waals surface area contributed by atoms with E-state index in [2.05, 4.69) is 15.1 Å². The number of hydrogen-bond acceptors (Lipinski definition) is 5. The standard InChI is InChI=1S/C21H20N4O3/c1-13(2)25(12-19-22-16-9-5-3-8-15(16)21(27)23-19)20(26)11-17-14-7-4-6-10-18(14)28-24-17/h3-10,13H,11-12H2,1-2H3,(H,22,23,27). The van der Waals surface area contributed by atoms with Gasteiger partial charge < -0.3 is 14.4 Å². The highest BCUT2D eigenvalue weighted by Crippen LogP contribution is 2.19. The number of para-hydroxylation sites is 2. The maximum Gasteiger partial charge on any atom is 0.258 e. The molecule has 0 aliphatic rings. The SMILES string of the molecule is CC(C)N(Cc1nc2ccccc2c(=O)[nH]1)C(=O)Cc1noc2ccccc12. The number of carbonyl (C=O) groups is 1. The second-order valence-corrected chi connectivity index (χ2v) is 6.95. The van der Waals surface area contributed by atoms with Crippen LogP contribution in [-0.2, 0) is 17.8 Å². The predicted molar refractivity (Wildman–Crippen MR) is 106 cm³/mol. The highest BCUT2D eigenvalue weighted by Gasteiger charge is 2.21. The molecule has 0 unspecified atom stereocenters. The first-order valence-electron chi connectivity index (χ1n) is 9.13. The molecule has 0 saturated carbocycles. The number of aromatic nitrogens is 3. The summed E-state index contributed by atoms with van der Waals surface area (Å²) in [6.45, 7) is 4.07. The van der Waals surface area contributed by atoms with Crippen molar-refractivity contribution in [1.82, 2.24) is 20.0 Å². The monoisotopic (exact) mass is 376 g/mol. The van der Waals surface area contributed by atoms with Crippen LogP contribution in [0.5, 0.6) is 0 Å². The lowest BCUT2D eigenvalue weighted by Crippen LogP contribution is -2.38. The Bertz CT molecular complexity index is 1210. The Kier molecular flexibility index (Phi) is 4.65. The Labute approximate surface area is 161 Å². The third kappa shape index (κ3) is 3.38. The summed E-state index contributed by atoms with van der Waals surface area (Å²) < 4.78 is 5.29. The number of hydrogen-bond donors (Lipinski definition) is 1. The van der Waals surface area contributed by atoms with Gasteiger partial charge in [-0.15, -0.1) is 0 Å². The lowest BCUT2D eigenvalue weighted by atomic mass is 10.1. The molecule has 7 nitrogen and oxygen atoms in total. The van der Waals surface area contributed by atoms with Crippen molar-refractivity contribution in [1.29, 1.82) is 0 Å². The fourth-order valence-corrected chi connectivity index (χ4v) is 3.24. The quantitative estimate of drug-likeness (QED) is 0.578. The number of amides is 1. The lowest BCUT2D eigenvalue weighted by molar-refractivity contribution is -0.133. The molecule has 0 radical (unpaired) electrons. The molecular weight excluding hydrogens is 356 g/mol. The first-order valence-corrected chi connectivity index (χ1v) is 9.13. The molecule has 1 amide bonds. The average molecular weight is 376 g/mol.